The lowest BCUT2D eigenvalue weighted by atomic mass is 10.2. The topological polar surface area (TPSA) is 51.2 Å². The van der Waals surface area contributed by atoms with Crippen molar-refractivity contribution < 1.29 is 18.3 Å². The van der Waals surface area contributed by atoms with Gasteiger partial charge in [0.15, 0.2) is 18.2 Å². The van der Waals surface area contributed by atoms with E-state index in [0.29, 0.717) is 19.0 Å². The zero-order valence-corrected chi connectivity index (χ0v) is 11.2. The number of rotatable bonds is 6. The molecule has 21 heavy (non-hydrogen) atoms. The zero-order valence-electron chi connectivity index (χ0n) is 11.2. The summed E-state index contributed by atoms with van der Waals surface area (Å²) < 4.78 is 31.0. The second-order valence-corrected chi connectivity index (χ2v) is 4.32. The lowest BCUT2D eigenvalue weighted by Gasteiger charge is -2.08. The summed E-state index contributed by atoms with van der Waals surface area (Å²) in [7, 11) is 0. The van der Waals surface area contributed by atoms with Gasteiger partial charge in [-0.3, -0.25) is 9.78 Å². The quantitative estimate of drug-likeness (QED) is 0.887. The first kappa shape index (κ1) is 14.9. The Morgan fingerprint density at radius 3 is 2.86 bits per heavy atom. The fourth-order valence-corrected chi connectivity index (χ4v) is 1.68. The fraction of sp³-hybridized carbons (Fsp3) is 0.200. The number of nitrogens with zero attached hydrogens (tertiary/aromatic N) is 1. The van der Waals surface area contributed by atoms with Crippen LogP contribution in [-0.2, 0) is 11.2 Å². The summed E-state index contributed by atoms with van der Waals surface area (Å²) in [6.07, 6.45) is 4.04. The Hall–Kier alpha value is -2.50. The largest absolute Gasteiger partial charge is 0.481 e. The number of ether oxygens (including phenoxy) is 1. The Balaban J connectivity index is 1.72. The summed E-state index contributed by atoms with van der Waals surface area (Å²) in [5.74, 6) is -2.06. The van der Waals surface area contributed by atoms with E-state index in [2.05, 4.69) is 10.3 Å². The van der Waals surface area contributed by atoms with Crippen molar-refractivity contribution in [3.8, 4) is 5.75 Å². The average molecular weight is 292 g/mol. The number of hydrogen-bond donors (Lipinski definition) is 1. The molecule has 0 aliphatic heterocycles. The van der Waals surface area contributed by atoms with Crippen molar-refractivity contribution in [3.05, 3.63) is 59.9 Å². The van der Waals surface area contributed by atoms with E-state index in [4.69, 9.17) is 4.74 Å². The number of hydrogen-bond acceptors (Lipinski definition) is 3. The molecule has 1 amide bonds. The lowest BCUT2D eigenvalue weighted by Crippen LogP contribution is -2.30. The predicted octanol–water partition coefficient (Wildman–Crippen LogP) is 2.10. The maximum absolute atomic E-state index is 13.3. The van der Waals surface area contributed by atoms with Gasteiger partial charge in [-0.2, -0.15) is 0 Å². The van der Waals surface area contributed by atoms with Crippen LogP contribution >= 0.6 is 0 Å². The Kier molecular flexibility index (Phi) is 5.20. The molecule has 1 N–H and O–H groups in total. The van der Waals surface area contributed by atoms with Gasteiger partial charge in [0.1, 0.15) is 5.82 Å². The smallest absolute Gasteiger partial charge is 0.257 e. The van der Waals surface area contributed by atoms with Gasteiger partial charge in [-0.25, -0.2) is 8.78 Å². The van der Waals surface area contributed by atoms with Crippen molar-refractivity contribution in [2.45, 2.75) is 6.42 Å². The summed E-state index contributed by atoms with van der Waals surface area (Å²) in [6.45, 7) is 0.107. The summed E-state index contributed by atoms with van der Waals surface area (Å²) in [4.78, 5) is 15.5. The molecule has 0 saturated heterocycles. The highest BCUT2D eigenvalue weighted by atomic mass is 19.1. The van der Waals surface area contributed by atoms with E-state index < -0.39 is 11.6 Å². The number of nitrogens with one attached hydrogen (secondary N) is 1. The van der Waals surface area contributed by atoms with Crippen LogP contribution in [0.25, 0.3) is 0 Å². The van der Waals surface area contributed by atoms with Crippen molar-refractivity contribution in [2.24, 2.45) is 0 Å². The Morgan fingerprint density at radius 2 is 2.14 bits per heavy atom. The molecule has 6 heteroatoms. The van der Waals surface area contributed by atoms with Gasteiger partial charge in [0.05, 0.1) is 0 Å². The summed E-state index contributed by atoms with van der Waals surface area (Å²) in [5.41, 5.74) is 1.00. The van der Waals surface area contributed by atoms with Gasteiger partial charge in [-0.1, -0.05) is 6.07 Å². The van der Waals surface area contributed by atoms with Gasteiger partial charge in [0.2, 0.25) is 0 Å². The standard InChI is InChI=1S/C15H14F2N2O2/c16-12-3-4-14(13(17)8-12)21-10-15(20)19-7-5-11-2-1-6-18-9-11/h1-4,6,8-9H,5,7,10H2,(H,19,20). The summed E-state index contributed by atoms with van der Waals surface area (Å²) in [5, 5.41) is 2.64. The Morgan fingerprint density at radius 1 is 1.29 bits per heavy atom. The molecule has 0 aliphatic rings. The van der Waals surface area contributed by atoms with Gasteiger partial charge < -0.3 is 10.1 Å². The van der Waals surface area contributed by atoms with Crippen LogP contribution in [0.3, 0.4) is 0 Å². The summed E-state index contributed by atoms with van der Waals surface area (Å²) >= 11 is 0. The minimum Gasteiger partial charge on any atom is -0.481 e. The van der Waals surface area contributed by atoms with Gasteiger partial charge in [0.25, 0.3) is 5.91 Å². The van der Waals surface area contributed by atoms with E-state index in [9.17, 15) is 13.6 Å². The van der Waals surface area contributed by atoms with Gasteiger partial charge >= 0.3 is 0 Å². The van der Waals surface area contributed by atoms with Gasteiger partial charge in [-0.15, -0.1) is 0 Å². The van der Waals surface area contributed by atoms with E-state index in [1.165, 1.54) is 0 Å². The Labute approximate surface area is 120 Å². The molecule has 0 unspecified atom stereocenters. The number of carbonyl (C=O) groups excluding carboxylic acids is 1. The molecule has 2 rings (SSSR count). The number of carbonyl (C=O) groups is 1. The predicted molar refractivity (Wildman–Crippen MR) is 72.8 cm³/mol. The highest BCUT2D eigenvalue weighted by Crippen LogP contribution is 2.17. The maximum Gasteiger partial charge on any atom is 0.257 e. The molecule has 1 heterocycles. The van der Waals surface area contributed by atoms with Crippen LogP contribution < -0.4 is 10.1 Å². The third-order valence-electron chi connectivity index (χ3n) is 2.71. The zero-order chi connectivity index (χ0) is 15.1. The van der Waals surface area contributed by atoms with Crippen molar-refractivity contribution >= 4 is 5.91 Å². The number of amides is 1. The molecule has 0 saturated carbocycles. The van der Waals surface area contributed by atoms with Crippen LogP contribution in [0.1, 0.15) is 5.56 Å². The molecule has 0 radical (unpaired) electrons. The van der Waals surface area contributed by atoms with Crippen molar-refractivity contribution in [2.75, 3.05) is 13.2 Å². The van der Waals surface area contributed by atoms with Crippen molar-refractivity contribution in [1.29, 1.82) is 0 Å². The highest BCUT2D eigenvalue weighted by Gasteiger charge is 2.07. The first-order valence-electron chi connectivity index (χ1n) is 6.38. The van der Waals surface area contributed by atoms with E-state index in [1.807, 2.05) is 12.1 Å². The molecule has 0 fully saturated rings. The molecule has 0 bridgehead atoms. The van der Waals surface area contributed by atoms with E-state index in [1.54, 1.807) is 12.4 Å². The molecular weight excluding hydrogens is 278 g/mol. The molecule has 0 aliphatic carbocycles. The fourth-order valence-electron chi connectivity index (χ4n) is 1.68. The van der Waals surface area contributed by atoms with E-state index in [-0.39, 0.29) is 18.3 Å². The van der Waals surface area contributed by atoms with Crippen molar-refractivity contribution in [1.82, 2.24) is 10.3 Å². The molecule has 0 atom stereocenters. The average Bonchev–Trinajstić information content (AvgIpc) is 2.47. The first-order chi connectivity index (χ1) is 10.1. The van der Waals surface area contributed by atoms with Crippen LogP contribution in [0.4, 0.5) is 8.78 Å². The molecule has 4 nitrogen and oxygen atoms in total. The van der Waals surface area contributed by atoms with Crippen LogP contribution in [0.5, 0.6) is 5.75 Å². The number of aromatic nitrogens is 1. The SMILES string of the molecule is O=C(COc1ccc(F)cc1F)NCCc1cccnc1. The highest BCUT2D eigenvalue weighted by molar-refractivity contribution is 5.77. The van der Waals surface area contributed by atoms with Gasteiger partial charge in [-0.05, 0) is 30.2 Å². The van der Waals surface area contributed by atoms with Crippen molar-refractivity contribution in [3.63, 3.8) is 0 Å². The molecule has 2 aromatic rings. The second-order valence-electron chi connectivity index (χ2n) is 4.32. The normalized spacial score (nSPS) is 10.2. The summed E-state index contributed by atoms with van der Waals surface area (Å²) in [6, 6.07) is 6.64. The minimum atomic E-state index is -0.835. The monoisotopic (exact) mass is 292 g/mol. The third kappa shape index (κ3) is 4.83. The molecular formula is C15H14F2N2O2. The van der Waals surface area contributed by atoms with Crippen LogP contribution in [0.15, 0.2) is 42.7 Å². The number of halogens is 2. The minimum absolute atomic E-state index is 0.154. The maximum atomic E-state index is 13.3. The molecule has 1 aromatic carbocycles. The second kappa shape index (κ2) is 7.33. The Bertz CT molecular complexity index is 606. The molecule has 1 aromatic heterocycles. The van der Waals surface area contributed by atoms with Gasteiger partial charge in [0, 0.05) is 25.0 Å². The molecule has 110 valence electrons. The van der Waals surface area contributed by atoms with Crippen LogP contribution in [-0.4, -0.2) is 24.0 Å². The van der Waals surface area contributed by atoms with E-state index in [0.717, 1.165) is 17.7 Å². The van der Waals surface area contributed by atoms with Crippen LogP contribution in [0, 0.1) is 11.6 Å². The first-order valence-corrected chi connectivity index (χ1v) is 6.38. The van der Waals surface area contributed by atoms with E-state index >= 15 is 0 Å². The molecule has 0 spiro atoms. The number of pyridine rings is 1. The lowest BCUT2D eigenvalue weighted by molar-refractivity contribution is -0.123. The van der Waals surface area contributed by atoms with Crippen LogP contribution in [0.2, 0.25) is 0 Å². The third-order valence-corrected chi connectivity index (χ3v) is 2.71. The number of benzene rings is 1.